The van der Waals surface area contributed by atoms with Gasteiger partial charge in [-0.2, -0.15) is 5.10 Å². The fourth-order valence-corrected chi connectivity index (χ4v) is 2.33. The molecule has 2 rings (SSSR count). The van der Waals surface area contributed by atoms with Crippen molar-refractivity contribution in [2.45, 2.75) is 32.7 Å². The van der Waals surface area contributed by atoms with E-state index < -0.39 is 11.4 Å². The lowest BCUT2D eigenvalue weighted by Crippen LogP contribution is -2.28. The van der Waals surface area contributed by atoms with Crippen LogP contribution in [0.15, 0.2) is 17.6 Å². The number of thiazole rings is 1. The van der Waals surface area contributed by atoms with E-state index in [1.54, 1.807) is 23.9 Å². The molecule has 6 nitrogen and oxygen atoms in total. The van der Waals surface area contributed by atoms with Crippen LogP contribution in [0, 0.1) is 0 Å². The van der Waals surface area contributed by atoms with Crippen LogP contribution in [0.5, 0.6) is 0 Å². The van der Waals surface area contributed by atoms with Gasteiger partial charge >= 0.3 is 5.97 Å². The Morgan fingerprint density at radius 2 is 2.32 bits per heavy atom. The zero-order chi connectivity index (χ0) is 14.0. The maximum absolute atomic E-state index is 11.2. The Bertz CT molecular complexity index is 588. The molecule has 0 aliphatic heterocycles. The van der Waals surface area contributed by atoms with Crippen molar-refractivity contribution < 1.29 is 9.90 Å². The highest BCUT2D eigenvalue weighted by Gasteiger charge is 2.32. The van der Waals surface area contributed by atoms with Crippen LogP contribution in [0.25, 0.3) is 0 Å². The Morgan fingerprint density at radius 1 is 1.58 bits per heavy atom. The number of carbonyl (C=O) groups is 1. The standard InChI is InChI=1S/C12H16N4O2S/c1-4-16-6-5-9(15-16)14-11-13-8(7-19-11)12(2,3)10(17)18/h5-7H,4H2,1-3H3,(H,17,18)(H,13,14,15). The summed E-state index contributed by atoms with van der Waals surface area (Å²) in [4.78, 5) is 15.5. The molecule has 0 atom stereocenters. The third kappa shape index (κ3) is 2.76. The molecule has 0 saturated carbocycles. The maximum atomic E-state index is 11.2. The van der Waals surface area contributed by atoms with E-state index in [-0.39, 0.29) is 0 Å². The van der Waals surface area contributed by atoms with E-state index in [1.807, 2.05) is 19.2 Å². The molecule has 2 heterocycles. The molecule has 2 aromatic rings. The number of carboxylic acid groups (broad SMARTS) is 1. The van der Waals surface area contributed by atoms with Gasteiger partial charge < -0.3 is 10.4 Å². The molecule has 2 N–H and O–H groups in total. The van der Waals surface area contributed by atoms with Gasteiger partial charge in [0, 0.05) is 24.2 Å². The van der Waals surface area contributed by atoms with Crippen LogP contribution in [-0.2, 0) is 16.8 Å². The number of anilines is 2. The van der Waals surface area contributed by atoms with Crippen molar-refractivity contribution >= 4 is 28.3 Å². The van der Waals surface area contributed by atoms with Crippen LogP contribution in [0.2, 0.25) is 0 Å². The maximum Gasteiger partial charge on any atom is 0.315 e. The van der Waals surface area contributed by atoms with Gasteiger partial charge in [-0.25, -0.2) is 4.98 Å². The highest BCUT2D eigenvalue weighted by Crippen LogP contribution is 2.28. The fraction of sp³-hybridized carbons (Fsp3) is 0.417. The SMILES string of the molecule is CCn1ccc(Nc2nc(C(C)(C)C(=O)O)cs2)n1. The predicted molar refractivity (Wildman–Crippen MR) is 74.0 cm³/mol. The van der Waals surface area contributed by atoms with Crippen molar-refractivity contribution in [1.82, 2.24) is 14.8 Å². The molecule has 0 amide bonds. The molecular formula is C12H16N4O2S. The van der Waals surface area contributed by atoms with Crippen LogP contribution in [-0.4, -0.2) is 25.8 Å². The lowest BCUT2D eigenvalue weighted by atomic mass is 9.90. The number of hydrogen-bond acceptors (Lipinski definition) is 5. The summed E-state index contributed by atoms with van der Waals surface area (Å²) in [5.41, 5.74) is -0.443. The lowest BCUT2D eigenvalue weighted by Gasteiger charge is -2.15. The van der Waals surface area contributed by atoms with Crippen LogP contribution in [0.1, 0.15) is 26.5 Å². The summed E-state index contributed by atoms with van der Waals surface area (Å²) in [5, 5.41) is 18.9. The van der Waals surface area contributed by atoms with Gasteiger partial charge in [-0.05, 0) is 20.8 Å². The quantitative estimate of drug-likeness (QED) is 0.879. The van der Waals surface area contributed by atoms with Crippen molar-refractivity contribution in [2.75, 3.05) is 5.32 Å². The van der Waals surface area contributed by atoms with E-state index in [0.717, 1.165) is 6.54 Å². The molecule has 0 aliphatic rings. The number of carboxylic acids is 1. The Balaban J connectivity index is 2.15. The van der Waals surface area contributed by atoms with Crippen molar-refractivity contribution in [2.24, 2.45) is 0 Å². The van der Waals surface area contributed by atoms with Gasteiger partial charge in [0.25, 0.3) is 0 Å². The van der Waals surface area contributed by atoms with Crippen LogP contribution in [0.4, 0.5) is 10.9 Å². The van der Waals surface area contributed by atoms with Gasteiger partial charge in [-0.15, -0.1) is 11.3 Å². The highest BCUT2D eigenvalue weighted by molar-refractivity contribution is 7.13. The summed E-state index contributed by atoms with van der Waals surface area (Å²) in [6, 6.07) is 1.85. The normalized spacial score (nSPS) is 11.5. The summed E-state index contributed by atoms with van der Waals surface area (Å²) >= 11 is 1.37. The van der Waals surface area contributed by atoms with Gasteiger partial charge in [0.05, 0.1) is 5.69 Å². The number of aromatic nitrogens is 3. The van der Waals surface area contributed by atoms with Crippen molar-refractivity contribution in [3.63, 3.8) is 0 Å². The first kappa shape index (κ1) is 13.5. The average molecular weight is 280 g/mol. The molecule has 0 aliphatic carbocycles. The summed E-state index contributed by atoms with van der Waals surface area (Å²) in [6.45, 7) is 6.09. The van der Waals surface area contributed by atoms with Gasteiger partial charge in [-0.1, -0.05) is 0 Å². The average Bonchev–Trinajstić information content (AvgIpc) is 2.98. The van der Waals surface area contributed by atoms with E-state index in [4.69, 9.17) is 5.11 Å². The third-order valence-electron chi connectivity index (χ3n) is 2.88. The minimum absolute atomic E-state index is 0.544. The number of hydrogen-bond donors (Lipinski definition) is 2. The first-order valence-electron chi connectivity index (χ1n) is 5.93. The zero-order valence-corrected chi connectivity index (χ0v) is 11.9. The topological polar surface area (TPSA) is 80.0 Å². The lowest BCUT2D eigenvalue weighted by molar-refractivity contribution is -0.142. The fourth-order valence-electron chi connectivity index (χ4n) is 1.44. The molecule has 0 fully saturated rings. The first-order valence-corrected chi connectivity index (χ1v) is 6.81. The molecule has 0 bridgehead atoms. The van der Waals surface area contributed by atoms with Gasteiger partial charge in [0.1, 0.15) is 5.41 Å². The van der Waals surface area contributed by atoms with E-state index in [2.05, 4.69) is 15.4 Å². The Labute approximate surface area is 115 Å². The van der Waals surface area contributed by atoms with E-state index in [0.29, 0.717) is 16.6 Å². The summed E-state index contributed by atoms with van der Waals surface area (Å²) in [7, 11) is 0. The molecular weight excluding hydrogens is 264 g/mol. The van der Waals surface area contributed by atoms with E-state index >= 15 is 0 Å². The third-order valence-corrected chi connectivity index (χ3v) is 3.64. The van der Waals surface area contributed by atoms with E-state index in [9.17, 15) is 4.79 Å². The molecule has 19 heavy (non-hydrogen) atoms. The van der Waals surface area contributed by atoms with Crippen LogP contribution >= 0.6 is 11.3 Å². The number of rotatable bonds is 5. The molecule has 2 aromatic heterocycles. The summed E-state index contributed by atoms with van der Waals surface area (Å²) < 4.78 is 1.80. The number of aryl methyl sites for hydroxylation is 1. The minimum Gasteiger partial charge on any atom is -0.481 e. The van der Waals surface area contributed by atoms with E-state index in [1.165, 1.54) is 11.3 Å². The van der Waals surface area contributed by atoms with Gasteiger partial charge in [-0.3, -0.25) is 9.48 Å². The second-order valence-electron chi connectivity index (χ2n) is 4.65. The Kier molecular flexibility index (Phi) is 3.57. The van der Waals surface area contributed by atoms with Crippen LogP contribution < -0.4 is 5.32 Å². The monoisotopic (exact) mass is 280 g/mol. The Hall–Kier alpha value is -1.89. The zero-order valence-electron chi connectivity index (χ0n) is 11.0. The predicted octanol–water partition coefficient (Wildman–Crippen LogP) is 2.47. The van der Waals surface area contributed by atoms with Crippen molar-refractivity contribution in [3.05, 3.63) is 23.3 Å². The molecule has 0 unspecified atom stereocenters. The largest absolute Gasteiger partial charge is 0.481 e. The van der Waals surface area contributed by atoms with Gasteiger partial charge in [0.2, 0.25) is 0 Å². The number of nitrogens with zero attached hydrogens (tertiary/aromatic N) is 3. The Morgan fingerprint density at radius 3 is 2.89 bits per heavy atom. The number of aliphatic carboxylic acids is 1. The number of nitrogens with one attached hydrogen (secondary N) is 1. The summed E-state index contributed by atoms with van der Waals surface area (Å²) in [6.07, 6.45) is 1.87. The molecule has 102 valence electrons. The highest BCUT2D eigenvalue weighted by atomic mass is 32.1. The van der Waals surface area contributed by atoms with Crippen molar-refractivity contribution in [1.29, 1.82) is 0 Å². The smallest absolute Gasteiger partial charge is 0.315 e. The van der Waals surface area contributed by atoms with Crippen molar-refractivity contribution in [3.8, 4) is 0 Å². The first-order chi connectivity index (χ1) is 8.93. The molecule has 0 spiro atoms. The van der Waals surface area contributed by atoms with Crippen LogP contribution in [0.3, 0.4) is 0 Å². The second-order valence-corrected chi connectivity index (χ2v) is 5.51. The molecule has 0 aromatic carbocycles. The van der Waals surface area contributed by atoms with Gasteiger partial charge in [0.15, 0.2) is 10.9 Å². The second kappa shape index (κ2) is 5.00. The molecule has 7 heteroatoms. The minimum atomic E-state index is -0.987. The molecule has 0 saturated heterocycles. The molecule has 0 radical (unpaired) electrons. The summed E-state index contributed by atoms with van der Waals surface area (Å²) in [5.74, 6) is -0.185.